The fraction of sp³-hybridized carbons (Fsp3) is 0.308. The largest absolute Gasteiger partial charge is 0.508 e. The maximum absolute atomic E-state index is 10.2. The van der Waals surface area contributed by atoms with Gasteiger partial charge < -0.3 is 15.3 Å². The Bertz CT molecular complexity index is 891. The zero-order chi connectivity index (χ0) is 21.2. The Morgan fingerprint density at radius 3 is 1.07 bits per heavy atom. The first kappa shape index (κ1) is 20.8. The minimum Gasteiger partial charge on any atom is -0.508 e. The van der Waals surface area contributed by atoms with Gasteiger partial charge in [-0.3, -0.25) is 0 Å². The van der Waals surface area contributed by atoms with Crippen molar-refractivity contribution in [2.75, 3.05) is 0 Å². The number of hydrogen-bond acceptors (Lipinski definition) is 3. The van der Waals surface area contributed by atoms with Crippen LogP contribution in [0.4, 0.5) is 0 Å². The zero-order valence-electron chi connectivity index (χ0n) is 17.7. The lowest BCUT2D eigenvalue weighted by Gasteiger charge is -2.33. The summed E-state index contributed by atoms with van der Waals surface area (Å²) in [5, 5.41) is 30.6. The summed E-state index contributed by atoms with van der Waals surface area (Å²) in [6.07, 6.45) is 2.21. The van der Waals surface area contributed by atoms with E-state index in [0.29, 0.717) is 17.2 Å². The minimum atomic E-state index is -0.507. The third-order valence-corrected chi connectivity index (χ3v) is 6.11. The lowest BCUT2D eigenvalue weighted by Crippen LogP contribution is -2.26. The van der Waals surface area contributed by atoms with Crippen LogP contribution in [-0.2, 0) is 24.7 Å². The molecule has 0 bridgehead atoms. The predicted molar refractivity (Wildman–Crippen MR) is 118 cm³/mol. The Labute approximate surface area is 173 Å². The summed E-state index contributed by atoms with van der Waals surface area (Å²) in [4.78, 5) is 0. The monoisotopic (exact) mass is 390 g/mol. The average Bonchev–Trinajstić information content (AvgIpc) is 2.74. The highest BCUT2D eigenvalue weighted by atomic mass is 16.3. The van der Waals surface area contributed by atoms with Crippen molar-refractivity contribution >= 4 is 0 Å². The smallest absolute Gasteiger partial charge is 0.118 e. The first-order chi connectivity index (χ1) is 13.8. The van der Waals surface area contributed by atoms with Gasteiger partial charge in [-0.1, -0.05) is 57.2 Å². The van der Waals surface area contributed by atoms with E-state index >= 15 is 0 Å². The summed E-state index contributed by atoms with van der Waals surface area (Å²) in [6.45, 7) is 8.25. The molecule has 0 aromatic heterocycles. The summed E-state index contributed by atoms with van der Waals surface area (Å²) in [6, 6.07) is 17.4. The van der Waals surface area contributed by atoms with E-state index in [1.165, 1.54) is 0 Å². The Hall–Kier alpha value is -2.94. The van der Waals surface area contributed by atoms with Gasteiger partial charge in [0.05, 0.1) is 0 Å². The van der Waals surface area contributed by atoms with Crippen molar-refractivity contribution in [2.45, 2.75) is 52.4 Å². The Balaban J connectivity index is 2.32. The molecule has 0 unspecified atom stereocenters. The SMILES string of the molecule is CCc1cc(C(C)(c2ccc(O)c(CC)c2)c2ccc(O)c(CC)c2)ccc1O. The fourth-order valence-corrected chi connectivity index (χ4v) is 4.04. The molecular weight excluding hydrogens is 360 g/mol. The minimum absolute atomic E-state index is 0.304. The van der Waals surface area contributed by atoms with E-state index in [9.17, 15) is 15.3 Å². The zero-order valence-corrected chi connectivity index (χ0v) is 17.7. The maximum Gasteiger partial charge on any atom is 0.118 e. The Morgan fingerprint density at radius 1 is 0.552 bits per heavy atom. The third kappa shape index (κ3) is 3.69. The van der Waals surface area contributed by atoms with Crippen LogP contribution in [0, 0.1) is 0 Å². The van der Waals surface area contributed by atoms with Crippen LogP contribution in [0.1, 0.15) is 61.1 Å². The highest BCUT2D eigenvalue weighted by Crippen LogP contribution is 2.42. The van der Waals surface area contributed by atoms with E-state index in [1.54, 1.807) is 18.2 Å². The van der Waals surface area contributed by atoms with Gasteiger partial charge in [0, 0.05) is 5.41 Å². The van der Waals surface area contributed by atoms with Crippen molar-refractivity contribution < 1.29 is 15.3 Å². The summed E-state index contributed by atoms with van der Waals surface area (Å²) in [5.74, 6) is 0.913. The van der Waals surface area contributed by atoms with Crippen LogP contribution in [0.15, 0.2) is 54.6 Å². The molecular formula is C26H30O3. The molecule has 0 saturated carbocycles. The second-order valence-electron chi connectivity index (χ2n) is 7.72. The molecule has 3 rings (SSSR count). The van der Waals surface area contributed by atoms with Gasteiger partial charge in [0.25, 0.3) is 0 Å². The molecule has 0 aliphatic heterocycles. The van der Waals surface area contributed by atoms with E-state index in [-0.39, 0.29) is 0 Å². The normalized spacial score (nSPS) is 11.6. The van der Waals surface area contributed by atoms with E-state index in [4.69, 9.17) is 0 Å². The fourth-order valence-electron chi connectivity index (χ4n) is 4.04. The molecule has 3 aromatic carbocycles. The van der Waals surface area contributed by atoms with Gasteiger partial charge in [-0.05, 0) is 77.8 Å². The van der Waals surface area contributed by atoms with Gasteiger partial charge in [0.1, 0.15) is 17.2 Å². The lowest BCUT2D eigenvalue weighted by molar-refractivity contribution is 0.467. The number of aromatic hydroxyl groups is 3. The second-order valence-corrected chi connectivity index (χ2v) is 7.72. The number of rotatable bonds is 6. The summed E-state index contributed by atoms with van der Waals surface area (Å²) in [7, 11) is 0. The van der Waals surface area contributed by atoms with Crippen molar-refractivity contribution in [2.24, 2.45) is 0 Å². The molecule has 0 amide bonds. The molecule has 29 heavy (non-hydrogen) atoms. The summed E-state index contributed by atoms with van der Waals surface area (Å²) in [5.41, 5.74) is 5.38. The molecule has 0 radical (unpaired) electrons. The van der Waals surface area contributed by atoms with Gasteiger partial charge in [-0.15, -0.1) is 0 Å². The molecule has 3 aromatic rings. The summed E-state index contributed by atoms with van der Waals surface area (Å²) < 4.78 is 0. The number of aryl methyl sites for hydroxylation is 3. The molecule has 0 atom stereocenters. The van der Waals surface area contributed by atoms with E-state index in [2.05, 4.69) is 25.1 Å². The molecule has 0 spiro atoms. The second kappa shape index (κ2) is 8.20. The lowest BCUT2D eigenvalue weighted by atomic mass is 9.70. The van der Waals surface area contributed by atoms with Crippen LogP contribution in [0.2, 0.25) is 0 Å². The van der Waals surface area contributed by atoms with E-state index in [1.807, 2.05) is 39.0 Å². The van der Waals surface area contributed by atoms with Crippen molar-refractivity contribution in [3.05, 3.63) is 88.0 Å². The molecule has 0 aliphatic carbocycles. The topological polar surface area (TPSA) is 60.7 Å². The Morgan fingerprint density at radius 2 is 0.828 bits per heavy atom. The first-order valence-corrected chi connectivity index (χ1v) is 10.3. The van der Waals surface area contributed by atoms with Crippen LogP contribution in [-0.4, -0.2) is 15.3 Å². The van der Waals surface area contributed by atoms with Crippen molar-refractivity contribution in [3.8, 4) is 17.2 Å². The molecule has 3 heteroatoms. The van der Waals surface area contributed by atoms with E-state index < -0.39 is 5.41 Å². The van der Waals surface area contributed by atoms with Gasteiger partial charge in [-0.2, -0.15) is 0 Å². The standard InChI is InChI=1S/C26H30O3/c1-5-17-14-20(8-11-23(17)27)26(4,21-9-12-24(28)18(6-2)15-21)22-10-13-25(29)19(7-3)16-22/h8-16,27-29H,5-7H2,1-4H3. The molecule has 0 saturated heterocycles. The number of phenols is 3. The van der Waals surface area contributed by atoms with Crippen LogP contribution in [0.25, 0.3) is 0 Å². The number of hydrogen-bond donors (Lipinski definition) is 3. The average molecular weight is 391 g/mol. The van der Waals surface area contributed by atoms with Crippen molar-refractivity contribution in [3.63, 3.8) is 0 Å². The predicted octanol–water partition coefficient (Wildman–Crippen LogP) is 5.84. The first-order valence-electron chi connectivity index (χ1n) is 10.3. The molecule has 3 N–H and O–H groups in total. The molecule has 152 valence electrons. The molecule has 3 nitrogen and oxygen atoms in total. The van der Waals surface area contributed by atoms with E-state index in [0.717, 1.165) is 52.6 Å². The van der Waals surface area contributed by atoms with Crippen LogP contribution >= 0.6 is 0 Å². The van der Waals surface area contributed by atoms with Crippen LogP contribution in [0.5, 0.6) is 17.2 Å². The molecule has 0 fully saturated rings. The van der Waals surface area contributed by atoms with Crippen molar-refractivity contribution in [1.82, 2.24) is 0 Å². The van der Waals surface area contributed by atoms with Gasteiger partial charge in [-0.25, -0.2) is 0 Å². The number of benzene rings is 3. The van der Waals surface area contributed by atoms with Gasteiger partial charge in [0.2, 0.25) is 0 Å². The summed E-state index contributed by atoms with van der Waals surface area (Å²) >= 11 is 0. The van der Waals surface area contributed by atoms with Crippen LogP contribution in [0.3, 0.4) is 0 Å². The third-order valence-electron chi connectivity index (χ3n) is 6.11. The van der Waals surface area contributed by atoms with Crippen LogP contribution < -0.4 is 0 Å². The highest BCUT2D eigenvalue weighted by Gasteiger charge is 2.33. The van der Waals surface area contributed by atoms with Gasteiger partial charge >= 0.3 is 0 Å². The number of phenolic OH excluding ortho intramolecular Hbond substituents is 3. The highest BCUT2D eigenvalue weighted by molar-refractivity contribution is 5.55. The Kier molecular flexibility index (Phi) is 5.88. The maximum atomic E-state index is 10.2. The molecule has 0 aliphatic rings. The quantitative estimate of drug-likeness (QED) is 0.463. The van der Waals surface area contributed by atoms with Gasteiger partial charge in [0.15, 0.2) is 0 Å². The van der Waals surface area contributed by atoms with Crippen molar-refractivity contribution in [1.29, 1.82) is 0 Å². The molecule has 0 heterocycles.